The van der Waals surface area contributed by atoms with Crippen LogP contribution in [-0.4, -0.2) is 11.1 Å². The van der Waals surface area contributed by atoms with Crippen molar-refractivity contribution in [1.29, 1.82) is 0 Å². The monoisotopic (exact) mass is 307 g/mol. The summed E-state index contributed by atoms with van der Waals surface area (Å²) in [5.41, 5.74) is 0. The van der Waals surface area contributed by atoms with Crippen molar-refractivity contribution in [3.63, 3.8) is 0 Å². The molecule has 0 aromatic carbocycles. The fourth-order valence-corrected chi connectivity index (χ4v) is 1.81. The lowest BCUT2D eigenvalue weighted by molar-refractivity contribution is -0.137. The van der Waals surface area contributed by atoms with Gasteiger partial charge in [-0.15, -0.1) is 0 Å². The maximum Gasteiger partial charge on any atom is 0.303 e. The summed E-state index contributed by atoms with van der Waals surface area (Å²) in [6.45, 7) is -1.78. The minimum atomic E-state index is -1.78. The van der Waals surface area contributed by atoms with Crippen LogP contribution < -0.4 is 0 Å². The highest BCUT2D eigenvalue weighted by Gasteiger charge is 1.92. The Morgan fingerprint density at radius 1 is 0.818 bits per heavy atom. The van der Waals surface area contributed by atoms with Gasteiger partial charge in [0.05, 0.1) is 0 Å². The van der Waals surface area contributed by atoms with Gasteiger partial charge in [0.2, 0.25) is 0 Å². The van der Waals surface area contributed by atoms with Crippen molar-refractivity contribution >= 4 is 5.97 Å². The molecule has 0 saturated heterocycles. The Labute approximate surface area is 140 Å². The minimum Gasteiger partial charge on any atom is -0.481 e. The molecule has 0 aliphatic rings. The fourth-order valence-electron chi connectivity index (χ4n) is 1.81. The first-order chi connectivity index (χ1) is 11.9. The Morgan fingerprint density at radius 3 is 1.82 bits per heavy atom. The molecule has 0 atom stereocenters. The average molecular weight is 307 g/mol. The summed E-state index contributed by atoms with van der Waals surface area (Å²) >= 11 is 0. The highest BCUT2D eigenvalue weighted by Crippen LogP contribution is 2.01. The van der Waals surface area contributed by atoms with E-state index >= 15 is 0 Å². The number of hydrogen-bond acceptors (Lipinski definition) is 1. The topological polar surface area (TPSA) is 37.3 Å². The Balaban J connectivity index is 3.46. The van der Waals surface area contributed by atoms with Crippen molar-refractivity contribution in [2.24, 2.45) is 0 Å². The second-order valence-corrected chi connectivity index (χ2v) is 5.12. The molecule has 0 bridgehead atoms. The van der Waals surface area contributed by atoms with Crippen LogP contribution in [0.3, 0.4) is 0 Å². The van der Waals surface area contributed by atoms with E-state index in [0.29, 0.717) is 12.8 Å². The number of hydrogen-bond donors (Lipinski definition) is 1. The normalized spacial score (nSPS) is 15.0. The SMILES string of the molecule is [2H]C([2H])([2H])CCCC/C=C\C/C=C\C/C=C\C/C=C\CCCC(=O)O. The lowest BCUT2D eigenvalue weighted by Gasteiger charge is -1.90. The molecule has 22 heavy (non-hydrogen) atoms. The van der Waals surface area contributed by atoms with Gasteiger partial charge in [-0.3, -0.25) is 4.79 Å². The van der Waals surface area contributed by atoms with Crippen LogP contribution >= 0.6 is 0 Å². The molecule has 0 spiro atoms. The molecule has 0 aromatic heterocycles. The van der Waals surface area contributed by atoms with Crippen molar-refractivity contribution in [2.75, 3.05) is 0 Å². The molecule has 124 valence electrons. The van der Waals surface area contributed by atoms with E-state index < -0.39 is 12.8 Å². The maximum atomic E-state index is 10.3. The van der Waals surface area contributed by atoms with Crippen LogP contribution in [0.2, 0.25) is 0 Å². The molecule has 0 heterocycles. The molecule has 0 aliphatic carbocycles. The Morgan fingerprint density at radius 2 is 1.32 bits per heavy atom. The number of allylic oxidation sites excluding steroid dienone is 8. The van der Waals surface area contributed by atoms with Crippen molar-refractivity contribution in [1.82, 2.24) is 0 Å². The van der Waals surface area contributed by atoms with Gasteiger partial charge in [-0.1, -0.05) is 68.3 Å². The zero-order chi connectivity index (χ0) is 18.8. The van der Waals surface area contributed by atoms with Crippen LogP contribution in [0.1, 0.15) is 75.2 Å². The Hall–Kier alpha value is -1.57. The van der Waals surface area contributed by atoms with E-state index in [1.807, 2.05) is 6.08 Å². The molecule has 1 N–H and O–H groups in total. The number of unbranched alkanes of at least 4 members (excludes halogenated alkanes) is 3. The Bertz CT molecular complexity index is 446. The predicted molar refractivity (Wildman–Crippen MR) is 96.0 cm³/mol. The number of carboxylic acid groups (broad SMARTS) is 1. The largest absolute Gasteiger partial charge is 0.481 e. The summed E-state index contributed by atoms with van der Waals surface area (Å²) < 4.78 is 21.3. The fraction of sp³-hybridized carbons (Fsp3) is 0.550. The summed E-state index contributed by atoms with van der Waals surface area (Å²) in [6.07, 6.45) is 24.3. The predicted octanol–water partition coefficient (Wildman–Crippen LogP) is 6.22. The molecule has 0 saturated carbocycles. The van der Waals surface area contributed by atoms with Gasteiger partial charge in [-0.05, 0) is 44.9 Å². The van der Waals surface area contributed by atoms with E-state index in [4.69, 9.17) is 9.22 Å². The third kappa shape index (κ3) is 18.4. The lowest BCUT2D eigenvalue weighted by atomic mass is 10.2. The molecule has 0 aromatic rings. The molecule has 0 radical (unpaired) electrons. The molecule has 2 heteroatoms. The molecule has 0 unspecified atom stereocenters. The van der Waals surface area contributed by atoms with Crippen LogP contribution in [0, 0.1) is 0 Å². The van der Waals surface area contributed by atoms with Crippen LogP contribution in [-0.2, 0) is 4.79 Å². The first-order valence-electron chi connectivity index (χ1n) is 9.73. The molecule has 0 aliphatic heterocycles. The summed E-state index contributed by atoms with van der Waals surface area (Å²) in [5, 5.41) is 8.50. The van der Waals surface area contributed by atoms with Gasteiger partial charge < -0.3 is 5.11 Å². The summed E-state index contributed by atoms with van der Waals surface area (Å²) in [6, 6.07) is 0. The van der Waals surface area contributed by atoms with Gasteiger partial charge in [0, 0.05) is 10.5 Å². The van der Waals surface area contributed by atoms with E-state index in [1.165, 1.54) is 0 Å². The number of carbonyl (C=O) groups is 1. The third-order valence-corrected chi connectivity index (χ3v) is 3.04. The third-order valence-electron chi connectivity index (χ3n) is 3.04. The van der Waals surface area contributed by atoms with Crippen molar-refractivity contribution in [3.8, 4) is 0 Å². The van der Waals surface area contributed by atoms with Crippen molar-refractivity contribution in [2.45, 2.75) is 71.1 Å². The molecule has 0 fully saturated rings. The molecular weight excluding hydrogens is 272 g/mol. The number of aliphatic carboxylic acids is 1. The smallest absolute Gasteiger partial charge is 0.303 e. The summed E-state index contributed by atoms with van der Waals surface area (Å²) in [4.78, 5) is 10.3. The Kier molecular flexibility index (Phi) is 12.2. The summed E-state index contributed by atoms with van der Waals surface area (Å²) in [7, 11) is 0. The molecule has 0 rings (SSSR count). The van der Waals surface area contributed by atoms with Gasteiger partial charge >= 0.3 is 5.97 Å². The van der Waals surface area contributed by atoms with E-state index in [0.717, 1.165) is 44.9 Å². The van der Waals surface area contributed by atoms with Gasteiger partial charge in [-0.2, -0.15) is 0 Å². The van der Waals surface area contributed by atoms with E-state index in [1.54, 1.807) is 0 Å². The molecule has 0 amide bonds. The van der Waals surface area contributed by atoms with E-state index in [2.05, 4.69) is 42.5 Å². The highest BCUT2D eigenvalue weighted by atomic mass is 16.4. The van der Waals surface area contributed by atoms with Gasteiger partial charge in [0.25, 0.3) is 0 Å². The average Bonchev–Trinajstić information content (AvgIpc) is 2.52. The minimum absolute atomic E-state index is 0.238. The van der Waals surface area contributed by atoms with Crippen LogP contribution in [0.5, 0.6) is 0 Å². The number of rotatable bonds is 14. The van der Waals surface area contributed by atoms with Crippen LogP contribution in [0.25, 0.3) is 0 Å². The first-order valence-corrected chi connectivity index (χ1v) is 8.23. The second-order valence-electron chi connectivity index (χ2n) is 5.12. The van der Waals surface area contributed by atoms with E-state index in [9.17, 15) is 4.79 Å². The second kappa shape index (κ2) is 17.5. The first kappa shape index (κ1) is 15.3. The number of carboxylic acids is 1. The maximum absolute atomic E-state index is 10.3. The molecule has 2 nitrogen and oxygen atoms in total. The zero-order valence-electron chi connectivity index (χ0n) is 16.5. The molecular formula is C20H32O2. The van der Waals surface area contributed by atoms with Crippen molar-refractivity contribution in [3.05, 3.63) is 48.6 Å². The van der Waals surface area contributed by atoms with Gasteiger partial charge in [-0.25, -0.2) is 0 Å². The van der Waals surface area contributed by atoms with E-state index in [-0.39, 0.29) is 6.42 Å². The quantitative estimate of drug-likeness (QED) is 0.305. The van der Waals surface area contributed by atoms with Crippen molar-refractivity contribution < 1.29 is 14.0 Å². The highest BCUT2D eigenvalue weighted by molar-refractivity contribution is 5.66. The van der Waals surface area contributed by atoms with Gasteiger partial charge in [0.1, 0.15) is 0 Å². The van der Waals surface area contributed by atoms with Crippen LogP contribution in [0.15, 0.2) is 48.6 Å². The lowest BCUT2D eigenvalue weighted by Crippen LogP contribution is -1.92. The van der Waals surface area contributed by atoms with Gasteiger partial charge in [0.15, 0.2) is 0 Å². The summed E-state index contributed by atoms with van der Waals surface area (Å²) in [5.74, 6) is -0.733. The zero-order valence-corrected chi connectivity index (χ0v) is 13.5. The standard InChI is InChI=1S/C20H32O2/c1-2-3-4-5-6-7-8-9-10-11-12-13-14-15-16-17-18-19-20(21)22/h6-7,9-10,12-13,15-16H,2-5,8,11,14,17-19H2,1H3,(H,21,22)/b7-6-,10-9-,13-12-,16-15-/i1D3. The van der Waals surface area contributed by atoms with Crippen LogP contribution in [0.4, 0.5) is 0 Å².